The molecule has 0 spiro atoms. The van der Waals surface area contributed by atoms with E-state index in [2.05, 4.69) is 39.7 Å². The second kappa shape index (κ2) is 9.25. The predicted molar refractivity (Wildman–Crippen MR) is 111 cm³/mol. The van der Waals surface area contributed by atoms with Gasteiger partial charge < -0.3 is 15.1 Å². The summed E-state index contributed by atoms with van der Waals surface area (Å²) in [5.74, 6) is 1.98. The number of hydrogen-bond acceptors (Lipinski definition) is 5. The van der Waals surface area contributed by atoms with Crippen molar-refractivity contribution in [2.45, 2.75) is 32.1 Å². The van der Waals surface area contributed by atoms with Crippen molar-refractivity contribution in [1.29, 1.82) is 0 Å². The summed E-state index contributed by atoms with van der Waals surface area (Å²) in [7, 11) is 0.843. The minimum atomic E-state index is -2.92. The number of nitrogens with zero attached hydrogens (tertiary/aromatic N) is 2. The summed E-state index contributed by atoms with van der Waals surface area (Å²) in [6, 6.07) is 12.1. The standard InChI is InChI=1S/C20H28N4O3S/c1-21-20(23-18-9-11-28(25,26)15-18)22-12-16-6-3-4-7-17(16)13-24(2)14-19-8-5-10-27-19/h3-8,10,18H,9,11-15H2,1-2H3,(H2,21,22,23). The van der Waals surface area contributed by atoms with Crippen LogP contribution in [0, 0.1) is 0 Å². The largest absolute Gasteiger partial charge is 0.468 e. The topological polar surface area (TPSA) is 86.9 Å². The van der Waals surface area contributed by atoms with E-state index >= 15 is 0 Å². The minimum Gasteiger partial charge on any atom is -0.468 e. The van der Waals surface area contributed by atoms with E-state index in [0.717, 1.165) is 18.8 Å². The van der Waals surface area contributed by atoms with Crippen molar-refractivity contribution in [3.05, 3.63) is 59.5 Å². The van der Waals surface area contributed by atoms with Crippen molar-refractivity contribution < 1.29 is 12.8 Å². The molecule has 7 nitrogen and oxygen atoms in total. The van der Waals surface area contributed by atoms with Crippen molar-refractivity contribution in [1.82, 2.24) is 15.5 Å². The van der Waals surface area contributed by atoms with Crippen molar-refractivity contribution in [3.8, 4) is 0 Å². The van der Waals surface area contributed by atoms with E-state index < -0.39 is 9.84 Å². The molecule has 2 N–H and O–H groups in total. The van der Waals surface area contributed by atoms with Gasteiger partial charge in [-0.15, -0.1) is 0 Å². The first kappa shape index (κ1) is 20.4. The zero-order valence-electron chi connectivity index (χ0n) is 16.4. The highest BCUT2D eigenvalue weighted by Crippen LogP contribution is 2.14. The maximum atomic E-state index is 11.6. The highest BCUT2D eigenvalue weighted by molar-refractivity contribution is 7.91. The Hall–Kier alpha value is -2.32. The van der Waals surface area contributed by atoms with Crippen LogP contribution in [-0.2, 0) is 29.5 Å². The summed E-state index contributed by atoms with van der Waals surface area (Å²) in [6.07, 6.45) is 2.31. The molecule has 1 unspecified atom stereocenters. The zero-order valence-corrected chi connectivity index (χ0v) is 17.2. The summed E-state index contributed by atoms with van der Waals surface area (Å²) in [5, 5.41) is 6.52. The predicted octanol–water partition coefficient (Wildman–Crippen LogP) is 1.76. The Bertz CT molecular complexity index is 894. The third kappa shape index (κ3) is 5.84. The number of nitrogens with one attached hydrogen (secondary N) is 2. The van der Waals surface area contributed by atoms with Crippen LogP contribution in [0.4, 0.5) is 0 Å². The Morgan fingerprint density at radius 1 is 1.21 bits per heavy atom. The summed E-state index contributed by atoms with van der Waals surface area (Å²) in [4.78, 5) is 6.43. The average Bonchev–Trinajstić information content (AvgIpc) is 3.28. The Balaban J connectivity index is 1.56. The van der Waals surface area contributed by atoms with Gasteiger partial charge in [-0.3, -0.25) is 9.89 Å². The first-order valence-electron chi connectivity index (χ1n) is 9.40. The van der Waals surface area contributed by atoms with Crippen LogP contribution in [0.2, 0.25) is 0 Å². The van der Waals surface area contributed by atoms with Gasteiger partial charge in [0.2, 0.25) is 0 Å². The molecule has 0 bridgehead atoms. The lowest BCUT2D eigenvalue weighted by Gasteiger charge is -2.20. The van der Waals surface area contributed by atoms with Gasteiger partial charge in [0.05, 0.1) is 24.3 Å². The van der Waals surface area contributed by atoms with E-state index in [4.69, 9.17) is 4.42 Å². The molecule has 28 heavy (non-hydrogen) atoms. The fraction of sp³-hybridized carbons (Fsp3) is 0.450. The molecule has 1 saturated heterocycles. The SMILES string of the molecule is CN=C(NCc1ccccc1CN(C)Cc1ccco1)NC1CCS(=O)(=O)C1. The molecule has 1 aliphatic heterocycles. The van der Waals surface area contributed by atoms with E-state index in [0.29, 0.717) is 18.9 Å². The van der Waals surface area contributed by atoms with E-state index in [-0.39, 0.29) is 17.5 Å². The fourth-order valence-corrected chi connectivity index (χ4v) is 5.05. The molecule has 1 aromatic carbocycles. The molecule has 1 fully saturated rings. The first-order valence-corrected chi connectivity index (χ1v) is 11.2. The van der Waals surface area contributed by atoms with Crippen LogP contribution in [0.15, 0.2) is 52.1 Å². The molecule has 1 aromatic heterocycles. The first-order chi connectivity index (χ1) is 13.4. The van der Waals surface area contributed by atoms with Gasteiger partial charge in [-0.25, -0.2) is 8.42 Å². The van der Waals surface area contributed by atoms with Gasteiger partial charge in [0, 0.05) is 26.2 Å². The fourth-order valence-electron chi connectivity index (χ4n) is 3.38. The van der Waals surface area contributed by atoms with Gasteiger partial charge in [-0.1, -0.05) is 24.3 Å². The third-order valence-electron chi connectivity index (χ3n) is 4.81. The summed E-state index contributed by atoms with van der Waals surface area (Å²) in [6.45, 7) is 2.16. The molecule has 1 atom stereocenters. The molecule has 0 saturated carbocycles. The van der Waals surface area contributed by atoms with Crippen LogP contribution in [0.5, 0.6) is 0 Å². The Morgan fingerprint density at radius 2 is 2.00 bits per heavy atom. The summed E-state index contributed by atoms with van der Waals surface area (Å²) < 4.78 is 28.7. The maximum absolute atomic E-state index is 11.6. The number of furan rings is 1. The van der Waals surface area contributed by atoms with Gasteiger partial charge in [-0.2, -0.15) is 0 Å². The van der Waals surface area contributed by atoms with Crippen molar-refractivity contribution >= 4 is 15.8 Å². The third-order valence-corrected chi connectivity index (χ3v) is 6.58. The molecular formula is C20H28N4O3S. The highest BCUT2D eigenvalue weighted by Gasteiger charge is 2.28. The minimum absolute atomic E-state index is 0.0779. The number of aliphatic imine (C=N–C) groups is 1. The lowest BCUT2D eigenvalue weighted by Crippen LogP contribution is -2.43. The Labute approximate surface area is 166 Å². The molecule has 0 amide bonds. The number of guanidine groups is 1. The van der Waals surface area contributed by atoms with Gasteiger partial charge in [0.25, 0.3) is 0 Å². The quantitative estimate of drug-likeness (QED) is 0.540. The average molecular weight is 405 g/mol. The molecule has 2 heterocycles. The highest BCUT2D eigenvalue weighted by atomic mass is 32.2. The van der Waals surface area contributed by atoms with Gasteiger partial charge >= 0.3 is 0 Å². The summed E-state index contributed by atoms with van der Waals surface area (Å²) >= 11 is 0. The Morgan fingerprint density at radius 3 is 2.64 bits per heavy atom. The second-order valence-corrected chi connectivity index (χ2v) is 9.42. The van der Waals surface area contributed by atoms with Crippen LogP contribution in [-0.4, -0.2) is 50.9 Å². The number of sulfone groups is 1. The van der Waals surface area contributed by atoms with Gasteiger partial charge in [0.15, 0.2) is 15.8 Å². The van der Waals surface area contributed by atoms with Crippen LogP contribution in [0.1, 0.15) is 23.3 Å². The van der Waals surface area contributed by atoms with Crippen LogP contribution >= 0.6 is 0 Å². The normalized spacial score (nSPS) is 19.1. The van der Waals surface area contributed by atoms with Crippen molar-refractivity contribution in [3.63, 3.8) is 0 Å². The number of benzene rings is 1. The van der Waals surface area contributed by atoms with Crippen LogP contribution in [0.25, 0.3) is 0 Å². The van der Waals surface area contributed by atoms with E-state index in [1.807, 2.05) is 24.3 Å². The summed E-state index contributed by atoms with van der Waals surface area (Å²) in [5.41, 5.74) is 2.40. The molecule has 8 heteroatoms. The van der Waals surface area contributed by atoms with Crippen LogP contribution < -0.4 is 10.6 Å². The number of rotatable bonds is 7. The number of hydrogen-bond donors (Lipinski definition) is 2. The smallest absolute Gasteiger partial charge is 0.191 e. The second-order valence-electron chi connectivity index (χ2n) is 7.19. The Kier molecular flexibility index (Phi) is 6.74. The molecule has 1 aliphatic rings. The van der Waals surface area contributed by atoms with E-state index in [9.17, 15) is 8.42 Å². The molecule has 152 valence electrons. The van der Waals surface area contributed by atoms with Crippen LogP contribution in [0.3, 0.4) is 0 Å². The monoisotopic (exact) mass is 404 g/mol. The van der Waals surface area contributed by atoms with Crippen molar-refractivity contribution in [2.24, 2.45) is 4.99 Å². The molecular weight excluding hydrogens is 376 g/mol. The lowest BCUT2D eigenvalue weighted by atomic mass is 10.1. The lowest BCUT2D eigenvalue weighted by molar-refractivity contribution is 0.287. The van der Waals surface area contributed by atoms with E-state index in [1.54, 1.807) is 13.3 Å². The molecule has 0 radical (unpaired) electrons. The van der Waals surface area contributed by atoms with Crippen molar-refractivity contribution in [2.75, 3.05) is 25.6 Å². The van der Waals surface area contributed by atoms with Gasteiger partial charge in [-0.05, 0) is 36.7 Å². The van der Waals surface area contributed by atoms with Gasteiger partial charge in [0.1, 0.15) is 5.76 Å². The molecule has 3 rings (SSSR count). The maximum Gasteiger partial charge on any atom is 0.191 e. The molecule has 2 aromatic rings. The molecule has 0 aliphatic carbocycles. The van der Waals surface area contributed by atoms with E-state index in [1.165, 1.54) is 11.1 Å². The zero-order chi connectivity index (χ0) is 20.0.